The molecule has 6 nitrogen and oxygen atoms in total. The molecule has 2 rings (SSSR count). The predicted molar refractivity (Wildman–Crippen MR) is 81.0 cm³/mol. The number of anilines is 1. The maximum absolute atomic E-state index is 11.0. The monoisotopic (exact) mass is 357 g/mol. The molecular weight excluding hydrogens is 346 g/mol. The van der Waals surface area contributed by atoms with Crippen molar-refractivity contribution in [3.05, 3.63) is 28.6 Å². The summed E-state index contributed by atoms with van der Waals surface area (Å²) >= 11 is 4.16. The average molecular weight is 358 g/mol. The van der Waals surface area contributed by atoms with Gasteiger partial charge in [0.05, 0.1) is 23.5 Å². The second-order valence-electron chi connectivity index (χ2n) is 3.78. The molecule has 0 aliphatic rings. The molecule has 1 aromatic heterocycles. The van der Waals surface area contributed by atoms with Gasteiger partial charge in [0.25, 0.3) is 0 Å². The number of aromatic nitrogens is 1. The van der Waals surface area contributed by atoms with Gasteiger partial charge in [-0.25, -0.2) is 15.2 Å². The number of thiazole rings is 1. The SMILES string of the molecule is COc1ccc(-c2csc(C)n2)cc1NNC(=O)OBr. The Morgan fingerprint density at radius 1 is 1.45 bits per heavy atom. The Labute approximate surface area is 128 Å². The number of nitrogens with zero attached hydrogens (tertiary/aromatic N) is 1. The van der Waals surface area contributed by atoms with Gasteiger partial charge in [-0.05, 0) is 25.1 Å². The van der Waals surface area contributed by atoms with Gasteiger partial charge in [-0.15, -0.1) is 11.3 Å². The number of hydrogen-bond acceptors (Lipinski definition) is 6. The molecule has 2 N–H and O–H groups in total. The molecule has 0 aliphatic carbocycles. The van der Waals surface area contributed by atoms with Crippen molar-refractivity contribution in [2.45, 2.75) is 6.92 Å². The molecule has 0 atom stereocenters. The number of nitrogens with one attached hydrogen (secondary N) is 2. The normalized spacial score (nSPS) is 9.95. The summed E-state index contributed by atoms with van der Waals surface area (Å²) in [6, 6.07) is 5.54. The Kier molecular flexibility index (Phi) is 4.80. The Balaban J connectivity index is 2.26. The third kappa shape index (κ3) is 3.40. The van der Waals surface area contributed by atoms with Crippen LogP contribution in [0.5, 0.6) is 5.75 Å². The fraction of sp³-hybridized carbons (Fsp3) is 0.167. The van der Waals surface area contributed by atoms with E-state index >= 15 is 0 Å². The topological polar surface area (TPSA) is 72.5 Å². The summed E-state index contributed by atoms with van der Waals surface area (Å²) in [4.78, 5) is 15.5. The summed E-state index contributed by atoms with van der Waals surface area (Å²) in [6.45, 7) is 1.95. The molecule has 1 aromatic carbocycles. The summed E-state index contributed by atoms with van der Waals surface area (Å²) < 4.78 is 9.54. The third-order valence-electron chi connectivity index (χ3n) is 2.48. The van der Waals surface area contributed by atoms with Crippen LogP contribution in [-0.2, 0) is 3.83 Å². The number of rotatable bonds is 4. The van der Waals surface area contributed by atoms with Crippen molar-refractivity contribution in [2.75, 3.05) is 12.5 Å². The van der Waals surface area contributed by atoms with Gasteiger partial charge in [0.2, 0.25) is 0 Å². The quantitative estimate of drug-likeness (QED) is 0.819. The van der Waals surface area contributed by atoms with Crippen molar-refractivity contribution in [3.63, 3.8) is 0 Å². The zero-order valence-corrected chi connectivity index (χ0v) is 13.2. The Morgan fingerprint density at radius 3 is 2.85 bits per heavy atom. The second kappa shape index (κ2) is 6.58. The lowest BCUT2D eigenvalue weighted by molar-refractivity contribution is 0.213. The highest BCUT2D eigenvalue weighted by Crippen LogP contribution is 2.30. The van der Waals surface area contributed by atoms with E-state index in [9.17, 15) is 4.79 Å². The number of methoxy groups -OCH3 is 1. The highest BCUT2D eigenvalue weighted by molar-refractivity contribution is 9.06. The first-order valence-corrected chi connectivity index (χ1v) is 7.12. The van der Waals surface area contributed by atoms with Crippen LogP contribution in [-0.4, -0.2) is 18.2 Å². The molecular formula is C12H12BrN3O3S. The summed E-state index contributed by atoms with van der Waals surface area (Å²) in [5.41, 5.74) is 7.48. The van der Waals surface area contributed by atoms with Crippen LogP contribution in [0.3, 0.4) is 0 Å². The Bertz CT molecular complexity index is 618. The third-order valence-corrected chi connectivity index (χ3v) is 3.55. The van der Waals surface area contributed by atoms with Gasteiger partial charge in [-0.1, -0.05) is 0 Å². The lowest BCUT2D eigenvalue weighted by Gasteiger charge is -2.12. The van der Waals surface area contributed by atoms with E-state index in [1.165, 1.54) is 0 Å². The molecule has 0 radical (unpaired) electrons. The van der Waals surface area contributed by atoms with Crippen molar-refractivity contribution < 1.29 is 13.4 Å². The molecule has 0 aliphatic heterocycles. The minimum atomic E-state index is -0.665. The van der Waals surface area contributed by atoms with E-state index in [1.54, 1.807) is 24.5 Å². The fourth-order valence-corrected chi connectivity index (χ4v) is 2.30. The zero-order valence-electron chi connectivity index (χ0n) is 10.8. The molecule has 20 heavy (non-hydrogen) atoms. The molecule has 2 aromatic rings. The first-order valence-electron chi connectivity index (χ1n) is 5.59. The Morgan fingerprint density at radius 2 is 2.25 bits per heavy atom. The maximum atomic E-state index is 11.0. The van der Waals surface area contributed by atoms with E-state index in [0.29, 0.717) is 11.4 Å². The molecule has 0 unspecified atom stereocenters. The molecule has 0 bridgehead atoms. The molecule has 1 heterocycles. The summed E-state index contributed by atoms with van der Waals surface area (Å²) in [6.07, 6.45) is -0.665. The van der Waals surface area contributed by atoms with Crippen molar-refractivity contribution in [1.82, 2.24) is 10.4 Å². The van der Waals surface area contributed by atoms with E-state index in [-0.39, 0.29) is 0 Å². The largest absolute Gasteiger partial charge is 0.495 e. The fourth-order valence-electron chi connectivity index (χ4n) is 1.60. The van der Waals surface area contributed by atoms with Crippen LogP contribution in [0.15, 0.2) is 23.6 Å². The van der Waals surface area contributed by atoms with Crippen molar-refractivity contribution in [2.24, 2.45) is 0 Å². The molecule has 106 valence electrons. The summed E-state index contributed by atoms with van der Waals surface area (Å²) in [5, 5.41) is 2.97. The van der Waals surface area contributed by atoms with Crippen LogP contribution in [0, 0.1) is 6.92 Å². The first kappa shape index (κ1) is 14.6. The highest BCUT2D eigenvalue weighted by atomic mass is 79.9. The Hall–Kier alpha value is -1.80. The summed E-state index contributed by atoms with van der Waals surface area (Å²) in [7, 11) is 1.55. The zero-order chi connectivity index (χ0) is 14.5. The second-order valence-corrected chi connectivity index (χ2v) is 5.17. The van der Waals surface area contributed by atoms with Crippen LogP contribution in [0.2, 0.25) is 0 Å². The van der Waals surface area contributed by atoms with Gasteiger partial charge in [-0.3, -0.25) is 5.43 Å². The number of benzene rings is 1. The van der Waals surface area contributed by atoms with Gasteiger partial charge in [-0.2, -0.15) is 0 Å². The highest BCUT2D eigenvalue weighted by Gasteiger charge is 2.09. The average Bonchev–Trinajstić information content (AvgIpc) is 2.91. The van der Waals surface area contributed by atoms with E-state index in [1.807, 2.05) is 24.4 Å². The molecule has 1 amide bonds. The van der Waals surface area contributed by atoms with Crippen LogP contribution in [0.4, 0.5) is 10.5 Å². The van der Waals surface area contributed by atoms with Crippen LogP contribution < -0.4 is 15.6 Å². The first-order chi connectivity index (χ1) is 9.63. The number of halogens is 1. The van der Waals surface area contributed by atoms with Gasteiger partial charge >= 0.3 is 6.09 Å². The van der Waals surface area contributed by atoms with Crippen molar-refractivity contribution in [1.29, 1.82) is 0 Å². The van der Waals surface area contributed by atoms with Gasteiger partial charge in [0.1, 0.15) is 5.75 Å². The van der Waals surface area contributed by atoms with Crippen molar-refractivity contribution in [3.8, 4) is 17.0 Å². The number of carbonyl (C=O) groups is 1. The van der Waals surface area contributed by atoms with Crippen LogP contribution in [0.1, 0.15) is 5.01 Å². The number of ether oxygens (including phenoxy) is 1. The molecule has 0 saturated carbocycles. The minimum Gasteiger partial charge on any atom is -0.495 e. The van der Waals surface area contributed by atoms with E-state index < -0.39 is 6.09 Å². The van der Waals surface area contributed by atoms with Crippen molar-refractivity contribution >= 4 is 39.4 Å². The molecule has 8 heteroatoms. The number of carbonyl (C=O) groups excluding carboxylic acids is 1. The van der Waals surface area contributed by atoms with Crippen LogP contribution >= 0.6 is 27.6 Å². The van der Waals surface area contributed by atoms with E-state index in [4.69, 9.17) is 4.74 Å². The standard InChI is InChI=1S/C12H12BrN3O3S/c1-7-14-10(6-20-7)8-3-4-11(18-2)9(5-8)15-16-12(17)19-13/h3-6,15H,1-2H3,(H,16,17). The molecule has 0 saturated heterocycles. The van der Waals surface area contributed by atoms with E-state index in [2.05, 4.69) is 35.9 Å². The number of hydrazine groups is 1. The van der Waals surface area contributed by atoms with Gasteiger partial charge < -0.3 is 8.57 Å². The lowest BCUT2D eigenvalue weighted by atomic mass is 10.1. The van der Waals surface area contributed by atoms with E-state index in [0.717, 1.165) is 16.3 Å². The number of amides is 1. The maximum Gasteiger partial charge on any atom is 0.437 e. The number of aryl methyl sites for hydroxylation is 1. The smallest absolute Gasteiger partial charge is 0.437 e. The van der Waals surface area contributed by atoms with Gasteiger partial charge in [0, 0.05) is 10.9 Å². The molecule has 0 fully saturated rings. The molecule has 0 spiro atoms. The predicted octanol–water partition coefficient (Wildman–Crippen LogP) is 3.49. The van der Waals surface area contributed by atoms with Gasteiger partial charge in [0.15, 0.2) is 16.3 Å². The lowest BCUT2D eigenvalue weighted by Crippen LogP contribution is -2.28. The summed E-state index contributed by atoms with van der Waals surface area (Å²) in [5.74, 6) is 0.593. The number of hydrogen-bond donors (Lipinski definition) is 2. The minimum absolute atomic E-state index is 0.593. The van der Waals surface area contributed by atoms with Crippen LogP contribution in [0.25, 0.3) is 11.3 Å².